The maximum atomic E-state index is 13.4. The van der Waals surface area contributed by atoms with Crippen molar-refractivity contribution in [3.8, 4) is 0 Å². The van der Waals surface area contributed by atoms with Gasteiger partial charge < -0.3 is 5.32 Å². The van der Waals surface area contributed by atoms with Gasteiger partial charge in [0.15, 0.2) is 0 Å². The molecule has 5 nitrogen and oxygen atoms in total. The lowest BCUT2D eigenvalue weighted by molar-refractivity contribution is -0.120. The number of aryl methyl sites for hydroxylation is 2. The van der Waals surface area contributed by atoms with Crippen molar-refractivity contribution in [1.82, 2.24) is 5.32 Å². The number of carbonyl (C=O) groups is 1. The first kappa shape index (κ1) is 22.5. The van der Waals surface area contributed by atoms with Crippen LogP contribution in [0.15, 0.2) is 77.7 Å². The first-order valence-corrected chi connectivity index (χ1v) is 11.3. The van der Waals surface area contributed by atoms with E-state index in [1.807, 2.05) is 39.0 Å². The van der Waals surface area contributed by atoms with E-state index in [0.717, 1.165) is 21.0 Å². The Kier molecular flexibility index (Phi) is 6.75. The Balaban J connectivity index is 1.89. The fourth-order valence-corrected chi connectivity index (χ4v) is 4.81. The van der Waals surface area contributed by atoms with E-state index in [2.05, 4.69) is 5.32 Å². The monoisotopic (exact) mass is 440 g/mol. The van der Waals surface area contributed by atoms with Gasteiger partial charge in [-0.2, -0.15) is 0 Å². The van der Waals surface area contributed by atoms with Crippen molar-refractivity contribution in [1.29, 1.82) is 0 Å². The summed E-state index contributed by atoms with van der Waals surface area (Å²) in [7, 11) is -4.03. The molecule has 0 aliphatic rings. The molecule has 3 aromatic carbocycles. The molecule has 1 N–H and O–H groups in total. The van der Waals surface area contributed by atoms with Crippen LogP contribution in [0.4, 0.5) is 10.1 Å². The summed E-state index contributed by atoms with van der Waals surface area (Å²) in [5.74, 6) is -0.953. The molecule has 0 aromatic heterocycles. The van der Waals surface area contributed by atoms with Gasteiger partial charge in [-0.15, -0.1) is 0 Å². The van der Waals surface area contributed by atoms with Gasteiger partial charge in [-0.05, 0) is 68.3 Å². The van der Waals surface area contributed by atoms with Crippen LogP contribution in [-0.4, -0.2) is 20.9 Å². The molecule has 3 aromatic rings. The predicted octanol–water partition coefficient (Wildman–Crippen LogP) is 4.52. The van der Waals surface area contributed by atoms with Crippen LogP contribution in [-0.2, 0) is 14.8 Å². The number of nitrogens with one attached hydrogen (secondary N) is 1. The molecular formula is C24H25FN2O3S. The van der Waals surface area contributed by atoms with Crippen LogP contribution in [0.3, 0.4) is 0 Å². The second-order valence-corrected chi connectivity index (χ2v) is 9.31. The molecule has 0 aliphatic heterocycles. The number of halogens is 1. The van der Waals surface area contributed by atoms with Crippen LogP contribution in [0.2, 0.25) is 0 Å². The third-order valence-electron chi connectivity index (χ3n) is 5.01. The van der Waals surface area contributed by atoms with E-state index < -0.39 is 28.3 Å². The number of hydrogen-bond donors (Lipinski definition) is 1. The summed E-state index contributed by atoms with van der Waals surface area (Å²) in [6.07, 6.45) is 0. The molecule has 0 unspecified atom stereocenters. The Morgan fingerprint density at radius 2 is 1.65 bits per heavy atom. The summed E-state index contributed by atoms with van der Waals surface area (Å²) < 4.78 is 40.9. The molecule has 0 saturated carbocycles. The zero-order chi connectivity index (χ0) is 22.6. The van der Waals surface area contributed by atoms with Gasteiger partial charge >= 0.3 is 0 Å². The van der Waals surface area contributed by atoms with E-state index in [1.165, 1.54) is 36.4 Å². The van der Waals surface area contributed by atoms with Crippen LogP contribution in [0.5, 0.6) is 0 Å². The van der Waals surface area contributed by atoms with Crippen molar-refractivity contribution in [2.75, 3.05) is 10.8 Å². The number of anilines is 1. The Labute approximate surface area is 182 Å². The molecule has 3 rings (SSSR count). The first-order valence-electron chi connectivity index (χ1n) is 9.88. The van der Waals surface area contributed by atoms with Gasteiger partial charge in [0.1, 0.15) is 12.4 Å². The van der Waals surface area contributed by atoms with Crippen LogP contribution in [0.25, 0.3) is 0 Å². The highest BCUT2D eigenvalue weighted by atomic mass is 32.2. The van der Waals surface area contributed by atoms with Gasteiger partial charge in [0.2, 0.25) is 5.91 Å². The summed E-state index contributed by atoms with van der Waals surface area (Å²) in [6, 6.07) is 18.5. The Hall–Kier alpha value is -3.19. The molecule has 0 aliphatic carbocycles. The van der Waals surface area contributed by atoms with Crippen molar-refractivity contribution >= 4 is 21.6 Å². The standard InChI is InChI=1S/C24H25FN2O3S/c1-17-9-10-18(2)23(15-17)19(3)26-24(28)16-27(21-13-11-20(25)12-14-21)31(29,30)22-7-5-4-6-8-22/h4-15,19H,16H2,1-3H3,(H,26,28)/t19-/m1/s1. The van der Waals surface area contributed by atoms with E-state index in [9.17, 15) is 17.6 Å². The van der Waals surface area contributed by atoms with E-state index in [0.29, 0.717) is 0 Å². The first-order chi connectivity index (χ1) is 14.7. The number of carbonyl (C=O) groups excluding carboxylic acids is 1. The highest BCUT2D eigenvalue weighted by molar-refractivity contribution is 7.92. The second-order valence-electron chi connectivity index (χ2n) is 7.45. The Bertz CT molecular complexity index is 1160. The molecular weight excluding hydrogens is 415 g/mol. The predicted molar refractivity (Wildman–Crippen MR) is 120 cm³/mol. The summed E-state index contributed by atoms with van der Waals surface area (Å²) in [5.41, 5.74) is 3.28. The molecule has 31 heavy (non-hydrogen) atoms. The highest BCUT2D eigenvalue weighted by Crippen LogP contribution is 2.24. The van der Waals surface area contributed by atoms with E-state index in [-0.39, 0.29) is 16.6 Å². The minimum atomic E-state index is -4.03. The lowest BCUT2D eigenvalue weighted by Crippen LogP contribution is -2.41. The summed E-state index contributed by atoms with van der Waals surface area (Å²) in [5, 5.41) is 2.88. The minimum absolute atomic E-state index is 0.0507. The quantitative estimate of drug-likeness (QED) is 0.588. The molecule has 0 fully saturated rings. The van der Waals surface area contributed by atoms with E-state index in [4.69, 9.17) is 0 Å². The zero-order valence-electron chi connectivity index (χ0n) is 17.7. The topological polar surface area (TPSA) is 66.5 Å². The largest absolute Gasteiger partial charge is 0.348 e. The van der Waals surface area contributed by atoms with Crippen molar-refractivity contribution in [2.45, 2.75) is 31.7 Å². The van der Waals surface area contributed by atoms with Crippen molar-refractivity contribution in [3.63, 3.8) is 0 Å². The molecule has 0 radical (unpaired) electrons. The third-order valence-corrected chi connectivity index (χ3v) is 6.80. The van der Waals surface area contributed by atoms with Gasteiger partial charge in [0.05, 0.1) is 16.6 Å². The van der Waals surface area contributed by atoms with Gasteiger partial charge in [0, 0.05) is 0 Å². The third kappa shape index (κ3) is 5.30. The zero-order valence-corrected chi connectivity index (χ0v) is 18.5. The molecule has 0 saturated heterocycles. The fourth-order valence-electron chi connectivity index (χ4n) is 3.36. The van der Waals surface area contributed by atoms with Crippen LogP contribution < -0.4 is 9.62 Å². The molecule has 0 spiro atoms. The maximum absolute atomic E-state index is 13.4. The summed E-state index contributed by atoms with van der Waals surface area (Å²) in [6.45, 7) is 5.36. The molecule has 1 amide bonds. The summed E-state index contributed by atoms with van der Waals surface area (Å²) >= 11 is 0. The van der Waals surface area contributed by atoms with Crippen molar-refractivity contribution in [3.05, 3.63) is 95.3 Å². The van der Waals surface area contributed by atoms with Crippen LogP contribution in [0, 0.1) is 19.7 Å². The normalized spacial score (nSPS) is 12.3. The van der Waals surface area contributed by atoms with Gasteiger partial charge in [-0.1, -0.05) is 42.0 Å². The highest BCUT2D eigenvalue weighted by Gasteiger charge is 2.27. The number of nitrogens with zero attached hydrogens (tertiary/aromatic N) is 1. The average Bonchev–Trinajstić information content (AvgIpc) is 2.75. The fraction of sp³-hybridized carbons (Fsp3) is 0.208. The minimum Gasteiger partial charge on any atom is -0.348 e. The lowest BCUT2D eigenvalue weighted by atomic mass is 10.00. The number of benzene rings is 3. The number of amides is 1. The van der Waals surface area contributed by atoms with Crippen LogP contribution >= 0.6 is 0 Å². The SMILES string of the molecule is Cc1ccc(C)c([C@@H](C)NC(=O)CN(c2ccc(F)cc2)S(=O)(=O)c2ccccc2)c1. The molecule has 7 heteroatoms. The van der Waals surface area contributed by atoms with Gasteiger partial charge in [-0.3, -0.25) is 9.10 Å². The van der Waals surface area contributed by atoms with Crippen molar-refractivity contribution < 1.29 is 17.6 Å². The Morgan fingerprint density at radius 1 is 1.00 bits per heavy atom. The number of rotatable bonds is 7. The molecule has 0 heterocycles. The lowest BCUT2D eigenvalue weighted by Gasteiger charge is -2.25. The van der Waals surface area contributed by atoms with Crippen molar-refractivity contribution in [2.24, 2.45) is 0 Å². The molecule has 162 valence electrons. The smallest absolute Gasteiger partial charge is 0.264 e. The summed E-state index contributed by atoms with van der Waals surface area (Å²) in [4.78, 5) is 12.9. The number of sulfonamides is 1. The van der Waals surface area contributed by atoms with Gasteiger partial charge in [0.25, 0.3) is 10.0 Å². The van der Waals surface area contributed by atoms with Gasteiger partial charge in [-0.25, -0.2) is 12.8 Å². The van der Waals surface area contributed by atoms with E-state index in [1.54, 1.807) is 18.2 Å². The average molecular weight is 441 g/mol. The number of hydrogen-bond acceptors (Lipinski definition) is 3. The van der Waals surface area contributed by atoms with E-state index >= 15 is 0 Å². The molecule has 1 atom stereocenters. The Morgan fingerprint density at radius 3 is 2.29 bits per heavy atom. The maximum Gasteiger partial charge on any atom is 0.264 e. The van der Waals surface area contributed by atoms with Crippen LogP contribution in [0.1, 0.15) is 29.7 Å². The second kappa shape index (κ2) is 9.31. The molecule has 0 bridgehead atoms.